The first-order chi connectivity index (χ1) is 7.69. The van der Waals surface area contributed by atoms with Crippen LogP contribution in [0.1, 0.15) is 31.3 Å². The molecule has 1 aromatic heterocycles. The first-order valence-electron chi connectivity index (χ1n) is 5.80. The highest BCUT2D eigenvalue weighted by molar-refractivity contribution is 6.21. The number of halogens is 1. The highest BCUT2D eigenvalue weighted by Gasteiger charge is 2.30. The van der Waals surface area contributed by atoms with Crippen LogP contribution >= 0.6 is 11.6 Å². The van der Waals surface area contributed by atoms with Gasteiger partial charge >= 0.3 is 0 Å². The van der Waals surface area contributed by atoms with Crippen molar-refractivity contribution in [1.29, 1.82) is 0 Å². The van der Waals surface area contributed by atoms with Gasteiger partial charge in [-0.1, -0.05) is 0 Å². The summed E-state index contributed by atoms with van der Waals surface area (Å²) in [5, 5.41) is 0.212. The van der Waals surface area contributed by atoms with E-state index in [2.05, 4.69) is 9.97 Å². The Balaban J connectivity index is 2.06. The Morgan fingerprint density at radius 3 is 2.88 bits per heavy atom. The third kappa shape index (κ3) is 3.08. The van der Waals surface area contributed by atoms with Crippen molar-refractivity contribution in [3.63, 3.8) is 0 Å². The molecule has 0 saturated heterocycles. The Labute approximate surface area is 101 Å². The van der Waals surface area contributed by atoms with E-state index in [0.29, 0.717) is 18.4 Å². The molecule has 4 heteroatoms. The molecule has 0 bridgehead atoms. The Bertz CT molecular complexity index is 366. The van der Waals surface area contributed by atoms with Crippen LogP contribution in [-0.2, 0) is 6.42 Å². The van der Waals surface area contributed by atoms with E-state index < -0.39 is 0 Å². The minimum absolute atomic E-state index is 0.212. The lowest BCUT2D eigenvalue weighted by atomic mass is 10.1. The summed E-state index contributed by atoms with van der Waals surface area (Å²) in [6.45, 7) is 4.46. The Morgan fingerprint density at radius 1 is 1.50 bits per heavy atom. The molecule has 3 nitrogen and oxygen atoms in total. The molecule has 0 aromatic carbocycles. The van der Waals surface area contributed by atoms with Crippen LogP contribution < -0.4 is 4.74 Å². The van der Waals surface area contributed by atoms with Gasteiger partial charge in [-0.15, -0.1) is 11.6 Å². The molecular formula is C12H17ClN2O. The van der Waals surface area contributed by atoms with Crippen molar-refractivity contribution >= 4 is 11.6 Å². The van der Waals surface area contributed by atoms with E-state index >= 15 is 0 Å². The zero-order valence-corrected chi connectivity index (χ0v) is 10.5. The quantitative estimate of drug-likeness (QED) is 0.743. The molecule has 1 aromatic rings. The monoisotopic (exact) mass is 240 g/mol. The van der Waals surface area contributed by atoms with Crippen molar-refractivity contribution in [1.82, 2.24) is 9.97 Å². The van der Waals surface area contributed by atoms with E-state index in [0.717, 1.165) is 17.9 Å². The summed E-state index contributed by atoms with van der Waals surface area (Å²) in [6, 6.07) is 1.90. The van der Waals surface area contributed by atoms with Gasteiger partial charge in [0.25, 0.3) is 0 Å². The fourth-order valence-electron chi connectivity index (χ4n) is 1.75. The molecule has 16 heavy (non-hydrogen) atoms. The molecule has 1 fully saturated rings. The summed E-state index contributed by atoms with van der Waals surface area (Å²) in [4.78, 5) is 8.61. The third-order valence-corrected chi connectivity index (χ3v) is 3.21. The van der Waals surface area contributed by atoms with Crippen LogP contribution in [0.3, 0.4) is 0 Å². The van der Waals surface area contributed by atoms with Gasteiger partial charge in [-0.2, -0.15) is 4.98 Å². The molecule has 0 N–H and O–H groups in total. The molecule has 1 unspecified atom stereocenters. The molecule has 1 atom stereocenters. The maximum atomic E-state index is 6.29. The Hall–Kier alpha value is -0.830. The van der Waals surface area contributed by atoms with Crippen LogP contribution in [0.2, 0.25) is 0 Å². The van der Waals surface area contributed by atoms with Gasteiger partial charge in [0.15, 0.2) is 0 Å². The average Bonchev–Trinajstić information content (AvgIpc) is 2.99. The predicted molar refractivity (Wildman–Crippen MR) is 64.0 cm³/mol. The molecule has 0 radical (unpaired) electrons. The van der Waals surface area contributed by atoms with Crippen LogP contribution in [0.15, 0.2) is 6.07 Å². The molecule has 1 heterocycles. The molecule has 2 rings (SSSR count). The number of aryl methyl sites for hydroxylation is 1. The van der Waals surface area contributed by atoms with E-state index in [4.69, 9.17) is 16.3 Å². The molecule has 1 saturated carbocycles. The van der Waals surface area contributed by atoms with Gasteiger partial charge < -0.3 is 4.74 Å². The second kappa shape index (κ2) is 5.00. The largest absolute Gasteiger partial charge is 0.478 e. The number of aromatic nitrogens is 2. The Kier molecular flexibility index (Phi) is 3.64. The lowest BCUT2D eigenvalue weighted by Gasteiger charge is -2.09. The van der Waals surface area contributed by atoms with Gasteiger partial charge in [-0.25, -0.2) is 4.98 Å². The summed E-state index contributed by atoms with van der Waals surface area (Å²) in [5.74, 6) is 2.10. The van der Waals surface area contributed by atoms with Crippen molar-refractivity contribution < 1.29 is 4.74 Å². The van der Waals surface area contributed by atoms with Gasteiger partial charge in [0.1, 0.15) is 5.82 Å². The first-order valence-corrected chi connectivity index (χ1v) is 6.24. The van der Waals surface area contributed by atoms with E-state index in [1.807, 2.05) is 19.9 Å². The minimum atomic E-state index is 0.212. The van der Waals surface area contributed by atoms with Crippen LogP contribution in [0, 0.1) is 12.8 Å². The lowest BCUT2D eigenvalue weighted by Crippen LogP contribution is -2.09. The molecule has 1 aliphatic rings. The summed E-state index contributed by atoms with van der Waals surface area (Å²) in [6.07, 6.45) is 3.34. The van der Waals surface area contributed by atoms with Crippen LogP contribution in [0.25, 0.3) is 0 Å². The smallest absolute Gasteiger partial charge is 0.216 e. The SMILES string of the molecule is CCOc1cc(CC(Cl)C2CC2)nc(C)n1. The van der Waals surface area contributed by atoms with Crippen molar-refractivity contribution in [2.45, 2.75) is 38.5 Å². The maximum Gasteiger partial charge on any atom is 0.216 e. The second-order valence-corrected chi connectivity index (χ2v) is 4.80. The van der Waals surface area contributed by atoms with Gasteiger partial charge in [0.2, 0.25) is 5.88 Å². The zero-order chi connectivity index (χ0) is 11.5. The fraction of sp³-hybridized carbons (Fsp3) is 0.667. The summed E-state index contributed by atoms with van der Waals surface area (Å²) in [5.41, 5.74) is 0.989. The topological polar surface area (TPSA) is 35.0 Å². The normalized spacial score (nSPS) is 17.2. The minimum Gasteiger partial charge on any atom is -0.478 e. The molecule has 0 amide bonds. The molecular weight excluding hydrogens is 224 g/mol. The van der Waals surface area contributed by atoms with E-state index in [1.165, 1.54) is 12.8 Å². The summed E-state index contributed by atoms with van der Waals surface area (Å²) < 4.78 is 5.39. The van der Waals surface area contributed by atoms with Crippen molar-refractivity contribution in [3.05, 3.63) is 17.6 Å². The predicted octanol–water partition coefficient (Wildman–Crippen LogP) is 2.74. The van der Waals surface area contributed by atoms with Crippen LogP contribution in [0.5, 0.6) is 5.88 Å². The lowest BCUT2D eigenvalue weighted by molar-refractivity contribution is 0.324. The average molecular weight is 241 g/mol. The number of nitrogens with zero attached hydrogens (tertiary/aromatic N) is 2. The number of ether oxygens (including phenoxy) is 1. The molecule has 1 aliphatic carbocycles. The molecule has 0 aliphatic heterocycles. The zero-order valence-electron chi connectivity index (χ0n) is 9.74. The van der Waals surface area contributed by atoms with Gasteiger partial charge in [0.05, 0.1) is 6.61 Å². The third-order valence-electron chi connectivity index (χ3n) is 2.70. The number of hydrogen-bond acceptors (Lipinski definition) is 3. The van der Waals surface area contributed by atoms with Crippen LogP contribution in [-0.4, -0.2) is 22.0 Å². The molecule has 0 spiro atoms. The second-order valence-electron chi connectivity index (χ2n) is 4.24. The highest BCUT2D eigenvalue weighted by atomic mass is 35.5. The number of alkyl halides is 1. The van der Waals surface area contributed by atoms with Gasteiger partial charge in [0, 0.05) is 23.6 Å². The highest BCUT2D eigenvalue weighted by Crippen LogP contribution is 2.37. The number of hydrogen-bond donors (Lipinski definition) is 0. The standard InChI is InChI=1S/C12H17ClN2O/c1-3-16-12-7-10(14-8(2)15-12)6-11(13)9-4-5-9/h7,9,11H,3-6H2,1-2H3. The maximum absolute atomic E-state index is 6.29. The summed E-state index contributed by atoms with van der Waals surface area (Å²) in [7, 11) is 0. The van der Waals surface area contributed by atoms with Gasteiger partial charge in [-0.05, 0) is 32.6 Å². The van der Waals surface area contributed by atoms with E-state index in [1.54, 1.807) is 0 Å². The first kappa shape index (κ1) is 11.6. The van der Waals surface area contributed by atoms with Crippen LogP contribution in [0.4, 0.5) is 0 Å². The van der Waals surface area contributed by atoms with Crippen molar-refractivity contribution in [2.24, 2.45) is 5.92 Å². The van der Waals surface area contributed by atoms with Crippen molar-refractivity contribution in [3.8, 4) is 5.88 Å². The van der Waals surface area contributed by atoms with Crippen molar-refractivity contribution in [2.75, 3.05) is 6.61 Å². The van der Waals surface area contributed by atoms with E-state index in [-0.39, 0.29) is 5.38 Å². The van der Waals surface area contributed by atoms with E-state index in [9.17, 15) is 0 Å². The fourth-order valence-corrected chi connectivity index (χ4v) is 2.16. The number of rotatable bonds is 5. The Morgan fingerprint density at radius 2 is 2.25 bits per heavy atom. The van der Waals surface area contributed by atoms with Gasteiger partial charge in [-0.3, -0.25) is 0 Å². The molecule has 88 valence electrons. The summed E-state index contributed by atoms with van der Waals surface area (Å²) >= 11 is 6.29.